The first-order valence-electron chi connectivity index (χ1n) is 7.52. The Morgan fingerprint density at radius 2 is 1.78 bits per heavy atom. The van der Waals surface area contributed by atoms with Crippen molar-refractivity contribution in [3.63, 3.8) is 0 Å². The van der Waals surface area contributed by atoms with Crippen LogP contribution in [-0.2, 0) is 4.79 Å². The van der Waals surface area contributed by atoms with Crippen LogP contribution in [-0.4, -0.2) is 12.1 Å². The highest BCUT2D eigenvalue weighted by molar-refractivity contribution is 5.92. The third kappa shape index (κ3) is 5.11. The molecule has 0 radical (unpaired) electrons. The molecule has 0 saturated heterocycles. The van der Waals surface area contributed by atoms with Crippen molar-refractivity contribution in [1.82, 2.24) is 0 Å². The molecule has 3 N–H and O–H groups in total. The minimum atomic E-state index is -4.32. The fraction of sp³-hybridized carbons (Fsp3) is 0.562. The van der Waals surface area contributed by atoms with Crippen LogP contribution in [0.3, 0.4) is 0 Å². The topological polar surface area (TPSA) is 55.1 Å². The zero-order valence-electron chi connectivity index (χ0n) is 12.9. The Hall–Kier alpha value is -1.27. The monoisotopic (exact) mass is 350 g/mol. The van der Waals surface area contributed by atoms with E-state index in [-0.39, 0.29) is 31.3 Å². The summed E-state index contributed by atoms with van der Waals surface area (Å²) >= 11 is 0. The molecule has 0 bridgehead atoms. The molecular formula is C16H22ClF3N2O. The van der Waals surface area contributed by atoms with Gasteiger partial charge in [-0.05, 0) is 37.5 Å². The Bertz CT molecular complexity index is 517. The minimum absolute atomic E-state index is 0. The Labute approximate surface area is 140 Å². The van der Waals surface area contributed by atoms with Crippen molar-refractivity contribution in [1.29, 1.82) is 0 Å². The zero-order valence-corrected chi connectivity index (χ0v) is 13.7. The predicted octanol–water partition coefficient (Wildman–Crippen LogP) is 4.44. The lowest BCUT2D eigenvalue weighted by atomic mass is 9.78. The number of amides is 1. The third-order valence-corrected chi connectivity index (χ3v) is 4.23. The first kappa shape index (κ1) is 19.8. The minimum Gasteiger partial charge on any atom is -0.326 e. The van der Waals surface area contributed by atoms with E-state index in [0.29, 0.717) is 18.5 Å². The highest BCUT2D eigenvalue weighted by atomic mass is 35.5. The number of hydrogen-bond donors (Lipinski definition) is 2. The Balaban J connectivity index is 0.00000264. The van der Waals surface area contributed by atoms with Crippen molar-refractivity contribution >= 4 is 24.0 Å². The summed E-state index contributed by atoms with van der Waals surface area (Å²) in [4.78, 5) is 12.2. The summed E-state index contributed by atoms with van der Waals surface area (Å²) in [6.45, 7) is 1.84. The van der Waals surface area contributed by atoms with Gasteiger partial charge in [0.2, 0.25) is 5.91 Å². The number of halogens is 4. The number of carbonyl (C=O) groups excluding carboxylic acids is 1. The zero-order chi connectivity index (χ0) is 16.3. The van der Waals surface area contributed by atoms with E-state index in [4.69, 9.17) is 5.73 Å². The van der Waals surface area contributed by atoms with Crippen molar-refractivity contribution < 1.29 is 18.0 Å². The van der Waals surface area contributed by atoms with Crippen LogP contribution >= 0.6 is 12.4 Å². The molecule has 1 aliphatic carbocycles. The Kier molecular flexibility index (Phi) is 6.89. The lowest BCUT2D eigenvalue weighted by molar-refractivity contribution is -0.197. The first-order chi connectivity index (χ1) is 10.3. The van der Waals surface area contributed by atoms with Crippen LogP contribution in [0.5, 0.6) is 0 Å². The summed E-state index contributed by atoms with van der Waals surface area (Å²) in [5.74, 6) is -3.08. The lowest BCUT2D eigenvalue weighted by Crippen LogP contribution is -2.39. The number of rotatable bonds is 3. The van der Waals surface area contributed by atoms with Gasteiger partial charge in [0, 0.05) is 17.6 Å². The summed E-state index contributed by atoms with van der Waals surface area (Å²) in [6, 6.07) is 6.74. The van der Waals surface area contributed by atoms with Gasteiger partial charge in [-0.15, -0.1) is 12.4 Å². The summed E-state index contributed by atoms with van der Waals surface area (Å²) < 4.78 is 39.1. The van der Waals surface area contributed by atoms with Crippen LogP contribution in [0.15, 0.2) is 24.3 Å². The molecule has 3 atom stereocenters. The molecule has 1 fully saturated rings. The van der Waals surface area contributed by atoms with Crippen molar-refractivity contribution in [3.05, 3.63) is 29.8 Å². The molecule has 23 heavy (non-hydrogen) atoms. The summed E-state index contributed by atoms with van der Waals surface area (Å²) in [6.07, 6.45) is -2.81. The third-order valence-electron chi connectivity index (χ3n) is 4.23. The number of hydrogen-bond acceptors (Lipinski definition) is 2. The van der Waals surface area contributed by atoms with E-state index in [1.807, 2.05) is 6.92 Å². The first-order valence-corrected chi connectivity index (χ1v) is 7.52. The fourth-order valence-corrected chi connectivity index (χ4v) is 2.94. The van der Waals surface area contributed by atoms with Gasteiger partial charge in [-0.2, -0.15) is 13.2 Å². The number of carbonyl (C=O) groups is 1. The second-order valence-corrected chi connectivity index (χ2v) is 5.94. The van der Waals surface area contributed by atoms with Gasteiger partial charge in [0.15, 0.2) is 0 Å². The Morgan fingerprint density at radius 3 is 2.30 bits per heavy atom. The van der Waals surface area contributed by atoms with Crippen molar-refractivity contribution in [3.8, 4) is 0 Å². The average molecular weight is 351 g/mol. The molecule has 1 aromatic rings. The second kappa shape index (κ2) is 8.02. The second-order valence-electron chi connectivity index (χ2n) is 5.94. The molecule has 1 saturated carbocycles. The van der Waals surface area contributed by atoms with E-state index in [0.717, 1.165) is 5.56 Å². The number of nitrogens with one attached hydrogen (secondary N) is 1. The van der Waals surface area contributed by atoms with Crippen molar-refractivity contribution in [2.75, 3.05) is 5.32 Å². The van der Waals surface area contributed by atoms with Crippen molar-refractivity contribution in [2.24, 2.45) is 17.6 Å². The maximum absolute atomic E-state index is 13.0. The molecule has 7 heteroatoms. The fourth-order valence-electron chi connectivity index (χ4n) is 2.94. The molecule has 3 unspecified atom stereocenters. The highest BCUT2D eigenvalue weighted by Crippen LogP contribution is 2.41. The van der Waals surface area contributed by atoms with E-state index in [1.165, 1.54) is 0 Å². The van der Waals surface area contributed by atoms with E-state index < -0.39 is 23.9 Å². The molecule has 3 nitrogen and oxygen atoms in total. The Morgan fingerprint density at radius 1 is 1.22 bits per heavy atom. The van der Waals surface area contributed by atoms with Crippen LogP contribution < -0.4 is 11.1 Å². The molecule has 0 aromatic heterocycles. The molecular weight excluding hydrogens is 329 g/mol. The van der Waals surface area contributed by atoms with E-state index >= 15 is 0 Å². The maximum atomic E-state index is 13.0. The molecule has 0 heterocycles. The number of benzene rings is 1. The van der Waals surface area contributed by atoms with Gasteiger partial charge in [0.05, 0.1) is 5.92 Å². The molecule has 2 rings (SSSR count). The van der Waals surface area contributed by atoms with Gasteiger partial charge in [-0.3, -0.25) is 4.79 Å². The molecule has 0 spiro atoms. The predicted molar refractivity (Wildman–Crippen MR) is 86.4 cm³/mol. The normalized spacial score (nSPS) is 22.8. The summed E-state index contributed by atoms with van der Waals surface area (Å²) in [5, 5.41) is 2.60. The molecule has 1 aromatic carbocycles. The smallest absolute Gasteiger partial charge is 0.326 e. The van der Waals surface area contributed by atoms with Gasteiger partial charge in [-0.1, -0.05) is 25.0 Å². The standard InChI is InChI=1S/C16H21F3N2O.ClH/c1-10(20)11-6-8-12(9-7-11)21-15(22)13-4-2-3-5-14(13)16(17,18)19;/h6-10,13-14H,2-5,20H2,1H3,(H,21,22);1H. The molecule has 130 valence electrons. The summed E-state index contributed by atoms with van der Waals surface area (Å²) in [5.41, 5.74) is 7.14. The SMILES string of the molecule is CC(N)c1ccc(NC(=O)C2CCCCC2C(F)(F)F)cc1.Cl. The maximum Gasteiger partial charge on any atom is 0.392 e. The number of alkyl halides is 3. The largest absolute Gasteiger partial charge is 0.392 e. The molecule has 1 aliphatic rings. The number of nitrogens with two attached hydrogens (primary N) is 1. The molecule has 1 amide bonds. The van der Waals surface area contributed by atoms with Crippen molar-refractivity contribution in [2.45, 2.75) is 44.8 Å². The van der Waals surface area contributed by atoms with E-state index in [1.54, 1.807) is 24.3 Å². The van der Waals surface area contributed by atoms with Crippen LogP contribution in [0.4, 0.5) is 18.9 Å². The summed E-state index contributed by atoms with van der Waals surface area (Å²) in [7, 11) is 0. The van der Waals surface area contributed by atoms with E-state index in [2.05, 4.69) is 5.32 Å². The van der Waals surface area contributed by atoms with Gasteiger partial charge < -0.3 is 11.1 Å². The van der Waals surface area contributed by atoms with Gasteiger partial charge >= 0.3 is 6.18 Å². The van der Waals surface area contributed by atoms with Gasteiger partial charge in [0.1, 0.15) is 0 Å². The van der Waals surface area contributed by atoms with Crippen LogP contribution in [0, 0.1) is 11.8 Å². The average Bonchev–Trinajstić information content (AvgIpc) is 2.47. The van der Waals surface area contributed by atoms with Gasteiger partial charge in [0.25, 0.3) is 0 Å². The quantitative estimate of drug-likeness (QED) is 0.847. The molecule has 0 aliphatic heterocycles. The van der Waals surface area contributed by atoms with Crippen LogP contribution in [0.25, 0.3) is 0 Å². The highest BCUT2D eigenvalue weighted by Gasteiger charge is 2.47. The van der Waals surface area contributed by atoms with Gasteiger partial charge in [-0.25, -0.2) is 0 Å². The van der Waals surface area contributed by atoms with Crippen LogP contribution in [0.1, 0.15) is 44.2 Å². The lowest BCUT2D eigenvalue weighted by Gasteiger charge is -2.32. The van der Waals surface area contributed by atoms with Crippen LogP contribution in [0.2, 0.25) is 0 Å². The number of anilines is 1. The van der Waals surface area contributed by atoms with E-state index in [9.17, 15) is 18.0 Å².